The second kappa shape index (κ2) is 14.2. The third-order valence-electron chi connectivity index (χ3n) is 8.23. The van der Waals surface area contributed by atoms with E-state index in [2.05, 4.69) is 5.32 Å². The Hall–Kier alpha value is -3.69. The van der Waals surface area contributed by atoms with Gasteiger partial charge in [-0.2, -0.15) is 12.7 Å². The number of rotatable bonds is 12. The van der Waals surface area contributed by atoms with Gasteiger partial charge in [-0.25, -0.2) is 4.31 Å². The molecule has 8 nitrogen and oxygen atoms in total. The molecule has 1 N–H and O–H groups in total. The zero-order valence-electron chi connectivity index (χ0n) is 25.9. The van der Waals surface area contributed by atoms with Gasteiger partial charge in [-0.05, 0) is 67.5 Å². The Morgan fingerprint density at radius 1 is 0.884 bits per heavy atom. The largest absolute Gasteiger partial charge is 0.352 e. The predicted octanol–water partition coefficient (Wildman–Crippen LogP) is 4.92. The van der Waals surface area contributed by atoms with Crippen LogP contribution < -0.4 is 9.62 Å². The smallest absolute Gasteiger partial charge is 0.304 e. The molecule has 43 heavy (non-hydrogen) atoms. The predicted molar refractivity (Wildman–Crippen MR) is 172 cm³/mol. The highest BCUT2D eigenvalue weighted by molar-refractivity contribution is 7.90. The number of hydrogen-bond donors (Lipinski definition) is 1. The van der Waals surface area contributed by atoms with Crippen LogP contribution in [0.15, 0.2) is 72.8 Å². The van der Waals surface area contributed by atoms with Crippen molar-refractivity contribution in [1.29, 1.82) is 0 Å². The van der Waals surface area contributed by atoms with Gasteiger partial charge in [0.15, 0.2) is 0 Å². The average molecular weight is 605 g/mol. The molecule has 0 spiro atoms. The number of carbonyl (C=O) groups excluding carboxylic acids is 2. The molecule has 230 valence electrons. The van der Waals surface area contributed by atoms with Crippen LogP contribution in [0.4, 0.5) is 5.69 Å². The quantitative estimate of drug-likeness (QED) is 0.318. The van der Waals surface area contributed by atoms with Crippen LogP contribution >= 0.6 is 0 Å². The number of amides is 2. The molecule has 1 aliphatic rings. The topological polar surface area (TPSA) is 90.0 Å². The van der Waals surface area contributed by atoms with E-state index in [9.17, 15) is 18.0 Å². The minimum absolute atomic E-state index is 0.0711. The van der Waals surface area contributed by atoms with E-state index < -0.39 is 28.7 Å². The average Bonchev–Trinajstić information content (AvgIpc) is 3.49. The Labute approximate surface area is 256 Å². The first-order valence-corrected chi connectivity index (χ1v) is 16.3. The zero-order chi connectivity index (χ0) is 31.1. The second-order valence-electron chi connectivity index (χ2n) is 11.7. The fourth-order valence-electron chi connectivity index (χ4n) is 5.58. The minimum Gasteiger partial charge on any atom is -0.352 e. The number of carbonyl (C=O) groups is 2. The highest BCUT2D eigenvalue weighted by Gasteiger charge is 2.36. The number of nitrogens with zero attached hydrogens (tertiary/aromatic N) is 3. The third-order valence-corrected chi connectivity index (χ3v) is 10.0. The highest BCUT2D eigenvalue weighted by atomic mass is 32.2. The van der Waals surface area contributed by atoms with Crippen molar-refractivity contribution in [3.63, 3.8) is 0 Å². The molecular formula is C34H44N4O4S. The Balaban J connectivity index is 1.79. The van der Waals surface area contributed by atoms with Crippen LogP contribution in [0.25, 0.3) is 0 Å². The molecule has 2 amide bonds. The van der Waals surface area contributed by atoms with E-state index in [4.69, 9.17) is 0 Å². The van der Waals surface area contributed by atoms with Gasteiger partial charge < -0.3 is 10.2 Å². The van der Waals surface area contributed by atoms with E-state index in [0.717, 1.165) is 62.1 Å². The van der Waals surface area contributed by atoms with Crippen molar-refractivity contribution in [2.75, 3.05) is 24.9 Å². The molecule has 0 radical (unpaired) electrons. The normalized spacial score (nSPS) is 14.5. The van der Waals surface area contributed by atoms with Crippen LogP contribution in [0.5, 0.6) is 0 Å². The molecule has 0 saturated heterocycles. The molecule has 1 fully saturated rings. The molecule has 0 heterocycles. The second-order valence-corrected chi connectivity index (χ2v) is 13.8. The first-order valence-electron chi connectivity index (χ1n) is 14.9. The van der Waals surface area contributed by atoms with E-state index in [1.807, 2.05) is 87.5 Å². The van der Waals surface area contributed by atoms with E-state index >= 15 is 0 Å². The van der Waals surface area contributed by atoms with Gasteiger partial charge in [-0.1, -0.05) is 79.6 Å². The van der Waals surface area contributed by atoms with Crippen molar-refractivity contribution in [3.05, 3.63) is 101 Å². The molecule has 0 bridgehead atoms. The summed E-state index contributed by atoms with van der Waals surface area (Å²) in [6.07, 6.45) is 4.26. The van der Waals surface area contributed by atoms with Crippen molar-refractivity contribution in [3.8, 4) is 0 Å². The molecule has 1 aliphatic carbocycles. The lowest BCUT2D eigenvalue weighted by Crippen LogP contribution is -2.55. The summed E-state index contributed by atoms with van der Waals surface area (Å²) in [6, 6.07) is 22.2. The van der Waals surface area contributed by atoms with E-state index in [0.29, 0.717) is 12.1 Å². The molecule has 1 unspecified atom stereocenters. The summed E-state index contributed by atoms with van der Waals surface area (Å²) in [5.74, 6) is -0.663. The Morgan fingerprint density at radius 2 is 1.53 bits per heavy atom. The van der Waals surface area contributed by atoms with Gasteiger partial charge in [0, 0.05) is 33.1 Å². The molecule has 1 atom stereocenters. The summed E-state index contributed by atoms with van der Waals surface area (Å²) >= 11 is 0. The highest BCUT2D eigenvalue weighted by Crippen LogP contribution is 2.27. The van der Waals surface area contributed by atoms with Crippen LogP contribution in [0.2, 0.25) is 0 Å². The maximum atomic E-state index is 14.5. The van der Waals surface area contributed by atoms with Crippen molar-refractivity contribution in [2.24, 2.45) is 0 Å². The lowest BCUT2D eigenvalue weighted by Gasteiger charge is -2.35. The van der Waals surface area contributed by atoms with Gasteiger partial charge in [0.1, 0.15) is 12.6 Å². The van der Waals surface area contributed by atoms with Crippen LogP contribution in [0.3, 0.4) is 0 Å². The van der Waals surface area contributed by atoms with Crippen LogP contribution in [0, 0.1) is 20.8 Å². The van der Waals surface area contributed by atoms with E-state index in [1.54, 1.807) is 11.0 Å². The Morgan fingerprint density at radius 3 is 2.19 bits per heavy atom. The number of nitrogens with one attached hydrogen (secondary N) is 1. The monoisotopic (exact) mass is 604 g/mol. The van der Waals surface area contributed by atoms with Crippen LogP contribution in [-0.4, -0.2) is 62.2 Å². The summed E-state index contributed by atoms with van der Waals surface area (Å²) < 4.78 is 29.7. The Kier molecular flexibility index (Phi) is 10.6. The van der Waals surface area contributed by atoms with Crippen LogP contribution in [0.1, 0.15) is 53.5 Å². The van der Waals surface area contributed by atoms with Gasteiger partial charge in [0.25, 0.3) is 0 Å². The lowest BCUT2D eigenvalue weighted by atomic mass is 10.0. The van der Waals surface area contributed by atoms with Crippen molar-refractivity contribution >= 4 is 27.7 Å². The van der Waals surface area contributed by atoms with Gasteiger partial charge in [-0.3, -0.25) is 9.59 Å². The van der Waals surface area contributed by atoms with Gasteiger partial charge in [0.2, 0.25) is 11.8 Å². The standard InChI is InChI=1S/C34H44N4O4S/c1-25-19-20-27(3)31(21-25)38(43(41,42)36(4)5)24-33(39)37(23-29-16-10-9-13-26(29)2)32(22-28-14-7-6-8-15-28)34(40)35-30-17-11-12-18-30/h6-10,13-16,19-21,30,32H,11-12,17-18,22-24H2,1-5H3,(H,35,40). The first-order chi connectivity index (χ1) is 20.5. The van der Waals surface area contributed by atoms with E-state index in [1.165, 1.54) is 14.1 Å². The summed E-state index contributed by atoms with van der Waals surface area (Å²) in [4.78, 5) is 30.1. The maximum Gasteiger partial charge on any atom is 0.304 e. The Bertz CT molecular complexity index is 1520. The van der Waals surface area contributed by atoms with E-state index in [-0.39, 0.29) is 18.5 Å². The number of hydrogen-bond acceptors (Lipinski definition) is 4. The van der Waals surface area contributed by atoms with Crippen molar-refractivity contribution in [1.82, 2.24) is 14.5 Å². The molecule has 1 saturated carbocycles. The van der Waals surface area contributed by atoms with Gasteiger partial charge >= 0.3 is 10.2 Å². The summed E-state index contributed by atoms with van der Waals surface area (Å²) in [5, 5.41) is 3.21. The summed E-state index contributed by atoms with van der Waals surface area (Å²) in [5.41, 5.74) is 4.85. The van der Waals surface area contributed by atoms with Crippen molar-refractivity contribution in [2.45, 2.75) is 71.5 Å². The van der Waals surface area contributed by atoms with Gasteiger partial charge in [0.05, 0.1) is 5.69 Å². The molecule has 9 heteroatoms. The van der Waals surface area contributed by atoms with Crippen molar-refractivity contribution < 1.29 is 18.0 Å². The van der Waals surface area contributed by atoms with Gasteiger partial charge in [-0.15, -0.1) is 0 Å². The molecular weight excluding hydrogens is 560 g/mol. The summed E-state index contributed by atoms with van der Waals surface area (Å²) in [7, 11) is -1.14. The molecule has 4 rings (SSSR count). The molecule has 3 aromatic carbocycles. The fraction of sp³-hybridized carbons (Fsp3) is 0.412. The van der Waals surface area contributed by atoms with Crippen LogP contribution in [-0.2, 0) is 32.8 Å². The zero-order valence-corrected chi connectivity index (χ0v) is 26.7. The number of aryl methyl sites for hydroxylation is 3. The molecule has 0 aromatic heterocycles. The fourth-order valence-corrected chi connectivity index (χ4v) is 6.70. The maximum absolute atomic E-state index is 14.5. The SMILES string of the molecule is Cc1ccc(C)c(N(CC(=O)N(Cc2ccccc2C)C(Cc2ccccc2)C(=O)NC2CCCC2)S(=O)(=O)N(C)C)c1. The lowest BCUT2D eigenvalue weighted by molar-refractivity contribution is -0.140. The minimum atomic E-state index is -4.05. The third kappa shape index (κ3) is 8.03. The molecule has 0 aliphatic heterocycles. The first kappa shape index (κ1) is 32.2. The summed E-state index contributed by atoms with van der Waals surface area (Å²) in [6.45, 7) is 5.42. The molecule has 3 aromatic rings. The number of anilines is 1. The number of benzene rings is 3.